The van der Waals surface area contributed by atoms with Crippen LogP contribution in [0.25, 0.3) is 5.69 Å². The lowest BCUT2D eigenvalue weighted by atomic mass is 10.3. The summed E-state index contributed by atoms with van der Waals surface area (Å²) in [5.74, 6) is 2.03. The minimum absolute atomic E-state index is 0.0320. The number of carbonyl (C=O) groups is 1. The molecule has 1 atom stereocenters. The first-order valence-corrected chi connectivity index (χ1v) is 11.4. The Bertz CT molecular complexity index is 1130. The third kappa shape index (κ3) is 5.56. The average molecular weight is 445 g/mol. The maximum Gasteiger partial charge on any atom is 0.225 e. The molecule has 0 bridgehead atoms. The van der Waals surface area contributed by atoms with Crippen LogP contribution in [0.1, 0.15) is 25.3 Å². The lowest BCUT2D eigenvalue weighted by Gasteiger charge is -2.16. The van der Waals surface area contributed by atoms with E-state index in [-0.39, 0.29) is 12.0 Å². The van der Waals surface area contributed by atoms with Crippen molar-refractivity contribution in [2.75, 3.05) is 11.1 Å². The van der Waals surface area contributed by atoms with Gasteiger partial charge in [-0.05, 0) is 43.3 Å². The third-order valence-electron chi connectivity index (χ3n) is 4.71. The Hall–Kier alpha value is -3.58. The Morgan fingerprint density at radius 1 is 0.938 bits per heavy atom. The van der Waals surface area contributed by atoms with E-state index in [1.165, 1.54) is 11.8 Å². The summed E-state index contributed by atoms with van der Waals surface area (Å²) in [6.07, 6.45) is 0.0629. The number of anilines is 1. The topological polar surface area (TPSA) is 69.0 Å². The summed E-state index contributed by atoms with van der Waals surface area (Å²) in [5, 5.41) is 12.5. The predicted octanol–water partition coefficient (Wildman–Crippen LogP) is 5.53. The SMILES string of the molecule is C[C@H](Oc1ccccc1)c1nnc(SCCC(=O)Nc2ccccc2)n1-c1ccccc1. The molecule has 1 N–H and O–H groups in total. The highest BCUT2D eigenvalue weighted by Crippen LogP contribution is 2.28. The first-order valence-electron chi connectivity index (χ1n) is 10.4. The lowest BCUT2D eigenvalue weighted by molar-refractivity contribution is -0.115. The first kappa shape index (κ1) is 21.6. The maximum absolute atomic E-state index is 12.3. The molecule has 0 saturated heterocycles. The van der Waals surface area contributed by atoms with Crippen molar-refractivity contribution in [2.24, 2.45) is 0 Å². The first-order chi connectivity index (χ1) is 15.7. The van der Waals surface area contributed by atoms with Gasteiger partial charge in [-0.2, -0.15) is 0 Å². The zero-order chi connectivity index (χ0) is 22.2. The molecule has 0 aliphatic rings. The lowest BCUT2D eigenvalue weighted by Crippen LogP contribution is -2.13. The zero-order valence-corrected chi connectivity index (χ0v) is 18.5. The number of aromatic nitrogens is 3. The number of nitrogens with one attached hydrogen (secondary N) is 1. The molecule has 0 saturated carbocycles. The van der Waals surface area contributed by atoms with Gasteiger partial charge >= 0.3 is 0 Å². The van der Waals surface area contributed by atoms with Crippen molar-refractivity contribution in [3.63, 3.8) is 0 Å². The molecule has 4 aromatic rings. The summed E-state index contributed by atoms with van der Waals surface area (Å²) in [7, 11) is 0. The molecule has 1 amide bonds. The fraction of sp³-hybridized carbons (Fsp3) is 0.160. The highest BCUT2D eigenvalue weighted by molar-refractivity contribution is 7.99. The number of rotatable bonds is 9. The van der Waals surface area contributed by atoms with Crippen molar-refractivity contribution in [3.05, 3.63) is 96.8 Å². The Morgan fingerprint density at radius 3 is 2.25 bits per heavy atom. The normalized spacial score (nSPS) is 11.7. The van der Waals surface area contributed by atoms with Crippen LogP contribution in [0.2, 0.25) is 0 Å². The Balaban J connectivity index is 1.47. The van der Waals surface area contributed by atoms with E-state index in [1.807, 2.05) is 102 Å². The molecule has 1 aromatic heterocycles. The van der Waals surface area contributed by atoms with Crippen LogP contribution in [0.4, 0.5) is 5.69 Å². The molecule has 0 aliphatic heterocycles. The summed E-state index contributed by atoms with van der Waals surface area (Å²) in [4.78, 5) is 12.3. The summed E-state index contributed by atoms with van der Waals surface area (Å²) in [6, 6.07) is 29.1. The molecular formula is C25H24N4O2S. The van der Waals surface area contributed by atoms with E-state index in [9.17, 15) is 4.79 Å². The van der Waals surface area contributed by atoms with Crippen molar-refractivity contribution < 1.29 is 9.53 Å². The standard InChI is InChI=1S/C25H24N4O2S/c1-19(31-22-15-9-4-10-16-22)24-27-28-25(29(24)21-13-7-3-8-14-21)32-18-17-23(30)26-20-11-5-2-6-12-20/h2-16,19H,17-18H2,1H3,(H,26,30)/t19-/m0/s1. The van der Waals surface area contributed by atoms with Crippen molar-refractivity contribution >= 4 is 23.4 Å². The molecule has 0 radical (unpaired) electrons. The Labute approximate surface area is 191 Å². The third-order valence-corrected chi connectivity index (χ3v) is 5.64. The van der Waals surface area contributed by atoms with E-state index in [0.29, 0.717) is 18.0 Å². The molecule has 0 fully saturated rings. The van der Waals surface area contributed by atoms with Crippen LogP contribution < -0.4 is 10.1 Å². The van der Waals surface area contributed by atoms with Gasteiger partial charge in [0, 0.05) is 23.5 Å². The summed E-state index contributed by atoms with van der Waals surface area (Å²) in [6.45, 7) is 1.96. The molecule has 6 nitrogen and oxygen atoms in total. The van der Waals surface area contributed by atoms with Crippen LogP contribution in [0.5, 0.6) is 5.75 Å². The van der Waals surface area contributed by atoms with Crippen molar-refractivity contribution in [1.29, 1.82) is 0 Å². The Kier molecular flexibility index (Phi) is 7.19. The van der Waals surface area contributed by atoms with Gasteiger partial charge in [-0.1, -0.05) is 66.4 Å². The van der Waals surface area contributed by atoms with Crippen LogP contribution in [0.3, 0.4) is 0 Å². The van der Waals surface area contributed by atoms with Crippen LogP contribution in [-0.4, -0.2) is 26.4 Å². The highest BCUT2D eigenvalue weighted by atomic mass is 32.2. The summed E-state index contributed by atoms with van der Waals surface area (Å²) in [5.41, 5.74) is 1.75. The van der Waals surface area contributed by atoms with Gasteiger partial charge in [0.05, 0.1) is 0 Å². The number of amides is 1. The number of benzene rings is 3. The number of para-hydroxylation sites is 3. The molecule has 0 unspecified atom stereocenters. The fourth-order valence-electron chi connectivity index (χ4n) is 3.19. The molecule has 3 aromatic carbocycles. The summed E-state index contributed by atoms with van der Waals surface area (Å²) >= 11 is 1.50. The smallest absolute Gasteiger partial charge is 0.225 e. The van der Waals surface area contributed by atoms with Gasteiger partial charge in [0.2, 0.25) is 5.91 Å². The monoisotopic (exact) mass is 444 g/mol. The molecule has 0 spiro atoms. The summed E-state index contributed by atoms with van der Waals surface area (Å²) < 4.78 is 8.08. The van der Waals surface area contributed by atoms with E-state index in [0.717, 1.165) is 22.3 Å². The van der Waals surface area contributed by atoms with Gasteiger partial charge in [-0.25, -0.2) is 0 Å². The molecule has 32 heavy (non-hydrogen) atoms. The number of nitrogens with zero attached hydrogens (tertiary/aromatic N) is 3. The minimum Gasteiger partial charge on any atom is -0.483 e. The molecule has 4 rings (SSSR count). The van der Waals surface area contributed by atoms with Crippen molar-refractivity contribution in [2.45, 2.75) is 24.6 Å². The van der Waals surface area contributed by atoms with Gasteiger partial charge < -0.3 is 10.1 Å². The zero-order valence-electron chi connectivity index (χ0n) is 17.7. The molecule has 7 heteroatoms. The second kappa shape index (κ2) is 10.6. The average Bonchev–Trinajstić information content (AvgIpc) is 3.25. The van der Waals surface area contributed by atoms with Gasteiger partial charge in [-0.3, -0.25) is 9.36 Å². The van der Waals surface area contributed by atoms with Crippen LogP contribution in [-0.2, 0) is 4.79 Å². The molecule has 0 aliphatic carbocycles. The fourth-order valence-corrected chi connectivity index (χ4v) is 4.09. The maximum atomic E-state index is 12.3. The molecular weight excluding hydrogens is 420 g/mol. The second-order valence-electron chi connectivity index (χ2n) is 7.10. The molecule has 162 valence electrons. The predicted molar refractivity (Wildman–Crippen MR) is 127 cm³/mol. The Morgan fingerprint density at radius 2 is 1.56 bits per heavy atom. The van der Waals surface area contributed by atoms with E-state index in [4.69, 9.17) is 4.74 Å². The molecule has 1 heterocycles. The van der Waals surface area contributed by atoms with Gasteiger partial charge in [0.15, 0.2) is 17.1 Å². The van der Waals surface area contributed by atoms with E-state index < -0.39 is 0 Å². The van der Waals surface area contributed by atoms with Crippen molar-refractivity contribution in [3.8, 4) is 11.4 Å². The van der Waals surface area contributed by atoms with Crippen LogP contribution >= 0.6 is 11.8 Å². The number of hydrogen-bond donors (Lipinski definition) is 1. The number of hydrogen-bond acceptors (Lipinski definition) is 5. The van der Waals surface area contributed by atoms with Gasteiger partial charge in [0.25, 0.3) is 0 Å². The number of ether oxygens (including phenoxy) is 1. The van der Waals surface area contributed by atoms with Crippen molar-refractivity contribution in [1.82, 2.24) is 14.8 Å². The second-order valence-corrected chi connectivity index (χ2v) is 8.16. The van der Waals surface area contributed by atoms with E-state index in [1.54, 1.807) is 0 Å². The highest BCUT2D eigenvalue weighted by Gasteiger charge is 2.21. The van der Waals surface area contributed by atoms with Gasteiger partial charge in [0.1, 0.15) is 5.75 Å². The van der Waals surface area contributed by atoms with Crippen LogP contribution in [0.15, 0.2) is 96.2 Å². The number of carbonyl (C=O) groups excluding carboxylic acids is 1. The van der Waals surface area contributed by atoms with E-state index in [2.05, 4.69) is 15.5 Å². The van der Waals surface area contributed by atoms with E-state index >= 15 is 0 Å². The number of thioether (sulfide) groups is 1. The quantitative estimate of drug-likeness (QED) is 0.344. The van der Waals surface area contributed by atoms with Crippen LogP contribution in [0, 0.1) is 0 Å². The minimum atomic E-state index is -0.305. The largest absolute Gasteiger partial charge is 0.483 e. The van der Waals surface area contributed by atoms with Gasteiger partial charge in [-0.15, -0.1) is 10.2 Å².